The largest absolute Gasteiger partial charge is 0.481 e. The van der Waals surface area contributed by atoms with Crippen molar-refractivity contribution in [3.63, 3.8) is 0 Å². The van der Waals surface area contributed by atoms with Crippen LogP contribution in [0.2, 0.25) is 0 Å². The first-order valence-electron chi connectivity index (χ1n) is 7.84. The average Bonchev–Trinajstić information content (AvgIpc) is 2.32. The molecule has 3 nitrogen and oxygen atoms in total. The van der Waals surface area contributed by atoms with Crippen LogP contribution in [0.5, 0.6) is 0 Å². The molecule has 0 heterocycles. The first-order valence-corrected chi connectivity index (χ1v) is 7.84. The fourth-order valence-electron chi connectivity index (χ4n) is 5.68. The van der Waals surface area contributed by atoms with E-state index < -0.39 is 11.4 Å². The predicted octanol–water partition coefficient (Wildman–Crippen LogP) is 2.76. The summed E-state index contributed by atoms with van der Waals surface area (Å²) in [6.45, 7) is 3.78. The SMILES string of the molecule is CNC(C1C2CC3CC(C2)CC1C3)C(C)(C)C(=O)O. The molecule has 4 bridgehead atoms. The second-order valence-corrected chi connectivity index (χ2v) is 7.80. The third kappa shape index (κ3) is 2.01. The van der Waals surface area contributed by atoms with Crippen LogP contribution in [0, 0.1) is 35.0 Å². The van der Waals surface area contributed by atoms with E-state index in [9.17, 15) is 9.90 Å². The molecule has 0 aromatic rings. The van der Waals surface area contributed by atoms with Gasteiger partial charge in [0.2, 0.25) is 0 Å². The van der Waals surface area contributed by atoms with Crippen molar-refractivity contribution in [2.24, 2.45) is 35.0 Å². The van der Waals surface area contributed by atoms with Gasteiger partial charge in [-0.05, 0) is 82.6 Å². The van der Waals surface area contributed by atoms with Crippen molar-refractivity contribution < 1.29 is 9.90 Å². The maximum absolute atomic E-state index is 11.6. The Hall–Kier alpha value is -0.570. The zero-order valence-electron chi connectivity index (χ0n) is 12.4. The van der Waals surface area contributed by atoms with Crippen LogP contribution in [-0.4, -0.2) is 24.2 Å². The first kappa shape index (κ1) is 13.4. The van der Waals surface area contributed by atoms with Gasteiger partial charge in [0.1, 0.15) is 0 Å². The molecule has 2 N–H and O–H groups in total. The summed E-state index contributed by atoms with van der Waals surface area (Å²) in [5.41, 5.74) is -0.672. The van der Waals surface area contributed by atoms with Gasteiger partial charge >= 0.3 is 5.97 Å². The Morgan fingerprint density at radius 2 is 1.58 bits per heavy atom. The van der Waals surface area contributed by atoms with Crippen LogP contribution in [0.4, 0.5) is 0 Å². The molecule has 0 radical (unpaired) electrons. The normalized spacial score (nSPS) is 42.4. The minimum absolute atomic E-state index is 0.111. The molecule has 0 amide bonds. The molecule has 4 aliphatic rings. The van der Waals surface area contributed by atoms with Gasteiger partial charge in [0.25, 0.3) is 0 Å². The second kappa shape index (κ2) is 4.47. The Balaban J connectivity index is 1.86. The number of aliphatic carboxylic acids is 1. The third-order valence-electron chi connectivity index (χ3n) is 6.32. The van der Waals surface area contributed by atoms with Gasteiger partial charge in [0, 0.05) is 6.04 Å². The van der Waals surface area contributed by atoms with E-state index in [1.54, 1.807) is 0 Å². The molecule has 0 aliphatic heterocycles. The Morgan fingerprint density at radius 3 is 1.95 bits per heavy atom. The van der Waals surface area contributed by atoms with Gasteiger partial charge in [-0.15, -0.1) is 0 Å². The molecule has 19 heavy (non-hydrogen) atoms. The lowest BCUT2D eigenvalue weighted by molar-refractivity contribution is -0.153. The van der Waals surface area contributed by atoms with Gasteiger partial charge in [-0.3, -0.25) is 4.79 Å². The van der Waals surface area contributed by atoms with Crippen molar-refractivity contribution in [2.75, 3.05) is 7.05 Å². The molecule has 4 saturated carbocycles. The topological polar surface area (TPSA) is 49.3 Å². The van der Waals surface area contributed by atoms with Crippen molar-refractivity contribution in [2.45, 2.75) is 52.0 Å². The van der Waals surface area contributed by atoms with Gasteiger partial charge in [0.05, 0.1) is 5.41 Å². The summed E-state index contributed by atoms with van der Waals surface area (Å²) >= 11 is 0. The summed E-state index contributed by atoms with van der Waals surface area (Å²) in [4.78, 5) is 11.6. The standard InChI is InChI=1S/C16H27NO2/c1-16(2,15(18)19)14(17-3)13-11-5-9-4-10(7-11)8-12(13)6-9/h9-14,17H,4-8H2,1-3H3,(H,18,19). The molecule has 0 aromatic carbocycles. The Bertz CT molecular complexity index is 349. The van der Waals surface area contributed by atoms with Crippen LogP contribution in [0.25, 0.3) is 0 Å². The number of hydrogen-bond acceptors (Lipinski definition) is 2. The fourth-order valence-corrected chi connectivity index (χ4v) is 5.68. The first-order chi connectivity index (χ1) is 8.93. The van der Waals surface area contributed by atoms with E-state index in [4.69, 9.17) is 0 Å². The Morgan fingerprint density at radius 1 is 1.11 bits per heavy atom. The Kier molecular flexibility index (Phi) is 3.16. The van der Waals surface area contributed by atoms with E-state index in [-0.39, 0.29) is 6.04 Å². The lowest BCUT2D eigenvalue weighted by Gasteiger charge is -2.58. The lowest BCUT2D eigenvalue weighted by Crippen LogP contribution is -2.58. The van der Waals surface area contributed by atoms with Crippen LogP contribution >= 0.6 is 0 Å². The van der Waals surface area contributed by atoms with Crippen LogP contribution in [0.15, 0.2) is 0 Å². The van der Waals surface area contributed by atoms with E-state index in [0.717, 1.165) is 23.7 Å². The number of carbonyl (C=O) groups is 1. The number of carboxylic acids is 1. The summed E-state index contributed by atoms with van der Waals surface area (Å²) in [5, 5.41) is 12.9. The average molecular weight is 265 g/mol. The van der Waals surface area contributed by atoms with E-state index >= 15 is 0 Å². The quantitative estimate of drug-likeness (QED) is 0.821. The third-order valence-corrected chi connectivity index (χ3v) is 6.32. The lowest BCUT2D eigenvalue weighted by atomic mass is 9.49. The summed E-state index contributed by atoms with van der Waals surface area (Å²) in [6.07, 6.45) is 6.86. The zero-order chi connectivity index (χ0) is 13.8. The van der Waals surface area contributed by atoms with E-state index in [0.29, 0.717) is 5.92 Å². The van der Waals surface area contributed by atoms with E-state index in [1.165, 1.54) is 32.1 Å². The molecule has 4 fully saturated rings. The fraction of sp³-hybridized carbons (Fsp3) is 0.938. The van der Waals surface area contributed by atoms with Crippen LogP contribution in [0.1, 0.15) is 46.0 Å². The predicted molar refractivity (Wildman–Crippen MR) is 74.8 cm³/mol. The maximum atomic E-state index is 11.6. The summed E-state index contributed by atoms with van der Waals surface area (Å²) in [5.74, 6) is 3.34. The van der Waals surface area contributed by atoms with Crippen molar-refractivity contribution >= 4 is 5.97 Å². The molecule has 0 spiro atoms. The van der Waals surface area contributed by atoms with Crippen LogP contribution in [0.3, 0.4) is 0 Å². The highest BCUT2D eigenvalue weighted by Gasteiger charge is 2.54. The Labute approximate surface area is 116 Å². The van der Waals surface area contributed by atoms with Gasteiger partial charge < -0.3 is 10.4 Å². The molecule has 1 unspecified atom stereocenters. The summed E-state index contributed by atoms with van der Waals surface area (Å²) in [6, 6.07) is 0.111. The van der Waals surface area contributed by atoms with Crippen molar-refractivity contribution in [1.82, 2.24) is 5.32 Å². The number of nitrogens with one attached hydrogen (secondary N) is 1. The smallest absolute Gasteiger partial charge is 0.310 e. The monoisotopic (exact) mass is 265 g/mol. The highest BCUT2D eigenvalue weighted by Crippen LogP contribution is 2.58. The van der Waals surface area contributed by atoms with Gasteiger partial charge in [-0.1, -0.05) is 0 Å². The van der Waals surface area contributed by atoms with Crippen LogP contribution in [-0.2, 0) is 4.79 Å². The van der Waals surface area contributed by atoms with E-state index in [1.807, 2.05) is 20.9 Å². The molecular weight excluding hydrogens is 238 g/mol. The van der Waals surface area contributed by atoms with Crippen molar-refractivity contribution in [1.29, 1.82) is 0 Å². The van der Waals surface area contributed by atoms with Crippen LogP contribution < -0.4 is 5.32 Å². The number of carboxylic acid groups (broad SMARTS) is 1. The summed E-state index contributed by atoms with van der Waals surface area (Å²) < 4.78 is 0. The number of hydrogen-bond donors (Lipinski definition) is 2. The molecule has 0 aromatic heterocycles. The summed E-state index contributed by atoms with van der Waals surface area (Å²) in [7, 11) is 1.94. The van der Waals surface area contributed by atoms with Gasteiger partial charge in [-0.25, -0.2) is 0 Å². The molecule has 4 rings (SSSR count). The highest BCUT2D eigenvalue weighted by atomic mass is 16.4. The minimum atomic E-state index is -0.672. The molecule has 0 saturated heterocycles. The molecule has 1 atom stereocenters. The maximum Gasteiger partial charge on any atom is 0.310 e. The molecule has 4 aliphatic carbocycles. The molecule has 3 heteroatoms. The van der Waals surface area contributed by atoms with Crippen molar-refractivity contribution in [3.05, 3.63) is 0 Å². The minimum Gasteiger partial charge on any atom is -0.481 e. The van der Waals surface area contributed by atoms with Gasteiger partial charge in [0.15, 0.2) is 0 Å². The zero-order valence-corrected chi connectivity index (χ0v) is 12.4. The molecule has 108 valence electrons. The van der Waals surface area contributed by atoms with E-state index in [2.05, 4.69) is 5.32 Å². The second-order valence-electron chi connectivity index (χ2n) is 7.80. The van der Waals surface area contributed by atoms with Gasteiger partial charge in [-0.2, -0.15) is 0 Å². The molecular formula is C16H27NO2. The van der Waals surface area contributed by atoms with Crippen molar-refractivity contribution in [3.8, 4) is 0 Å². The highest BCUT2D eigenvalue weighted by molar-refractivity contribution is 5.74. The number of rotatable bonds is 4.